The maximum absolute atomic E-state index is 13.4. The summed E-state index contributed by atoms with van der Waals surface area (Å²) in [6.45, 7) is 4.19. The Bertz CT molecular complexity index is 1110. The highest BCUT2D eigenvalue weighted by molar-refractivity contribution is 7.80. The molecule has 2 heterocycles. The molecule has 33 heavy (non-hydrogen) atoms. The molecule has 2 aliphatic rings. The van der Waals surface area contributed by atoms with E-state index in [2.05, 4.69) is 5.32 Å². The molecule has 2 aromatic carbocycles. The number of aliphatic imine (C=N–C) groups is 1. The molecule has 7 nitrogen and oxygen atoms in total. The Labute approximate surface area is 204 Å². The number of hydrogen-bond acceptors (Lipinski definition) is 4. The van der Waals surface area contributed by atoms with Crippen molar-refractivity contribution in [2.75, 3.05) is 38.1 Å². The minimum atomic E-state index is -0.893. The Morgan fingerprint density at radius 1 is 1.09 bits per heavy atom. The smallest absolute Gasteiger partial charge is 0.272 e. The molecule has 2 aromatic rings. The van der Waals surface area contributed by atoms with Gasteiger partial charge in [-0.1, -0.05) is 41.9 Å². The van der Waals surface area contributed by atoms with Crippen molar-refractivity contribution < 1.29 is 9.59 Å². The quantitative estimate of drug-likeness (QED) is 0.665. The fourth-order valence-corrected chi connectivity index (χ4v) is 4.58. The predicted molar refractivity (Wildman–Crippen MR) is 135 cm³/mol. The number of thiocarbonyl (C=S) groups is 1. The largest absolute Gasteiger partial charge is 0.347 e. The van der Waals surface area contributed by atoms with Crippen LogP contribution < -0.4 is 10.2 Å². The number of carbonyl (C=O) groups is 2. The molecule has 0 saturated carbocycles. The van der Waals surface area contributed by atoms with Crippen LogP contribution in [0.1, 0.15) is 24.5 Å². The van der Waals surface area contributed by atoms with Crippen molar-refractivity contribution in [3.05, 3.63) is 64.7 Å². The lowest BCUT2D eigenvalue weighted by Crippen LogP contribution is -2.51. The van der Waals surface area contributed by atoms with Gasteiger partial charge in [-0.2, -0.15) is 0 Å². The van der Waals surface area contributed by atoms with Crippen LogP contribution in [0.15, 0.2) is 53.5 Å². The van der Waals surface area contributed by atoms with Gasteiger partial charge in [0.1, 0.15) is 0 Å². The second kappa shape index (κ2) is 9.89. The van der Waals surface area contributed by atoms with Gasteiger partial charge in [-0.25, -0.2) is 4.99 Å². The lowest BCUT2D eigenvalue weighted by atomic mass is 10.0. The molecular weight excluding hydrogens is 458 g/mol. The summed E-state index contributed by atoms with van der Waals surface area (Å²) in [5.74, 6) is -0.156. The molecule has 1 fully saturated rings. The number of amides is 2. The number of anilines is 1. The lowest BCUT2D eigenvalue weighted by Gasteiger charge is -2.27. The van der Waals surface area contributed by atoms with Gasteiger partial charge in [-0.3, -0.25) is 9.59 Å². The summed E-state index contributed by atoms with van der Waals surface area (Å²) in [6, 6.07) is 15.2. The molecule has 1 unspecified atom stereocenters. The highest BCUT2D eigenvalue weighted by atomic mass is 35.5. The molecule has 0 aromatic heterocycles. The summed E-state index contributed by atoms with van der Waals surface area (Å²) in [5, 5.41) is 4.19. The van der Waals surface area contributed by atoms with Gasteiger partial charge < -0.3 is 20.0 Å². The number of halogens is 1. The van der Waals surface area contributed by atoms with Crippen molar-refractivity contribution in [3.8, 4) is 0 Å². The monoisotopic (exact) mass is 483 g/mol. The minimum Gasteiger partial charge on any atom is -0.347 e. The zero-order chi connectivity index (χ0) is 23.5. The Balaban J connectivity index is 1.65. The van der Waals surface area contributed by atoms with Crippen molar-refractivity contribution in [2.24, 2.45) is 4.99 Å². The maximum atomic E-state index is 13.4. The third-order valence-electron chi connectivity index (χ3n) is 5.93. The molecule has 172 valence electrons. The van der Waals surface area contributed by atoms with Crippen molar-refractivity contribution in [3.63, 3.8) is 0 Å². The Kier molecular flexibility index (Phi) is 6.95. The van der Waals surface area contributed by atoms with Gasteiger partial charge in [-0.05, 0) is 36.8 Å². The molecule has 2 aliphatic heterocycles. The summed E-state index contributed by atoms with van der Waals surface area (Å²) in [5.41, 5.74) is 3.07. The number of rotatable bonds is 2. The third kappa shape index (κ3) is 5.02. The van der Waals surface area contributed by atoms with Crippen molar-refractivity contribution in [1.82, 2.24) is 15.1 Å². The number of likely N-dealkylation sites (N-methyl/N-ethyl adjacent to an activating group) is 1. The molecule has 1 atom stereocenters. The number of benzodiazepines with no additional fused rings is 1. The third-order valence-corrected chi connectivity index (χ3v) is 6.54. The van der Waals surface area contributed by atoms with Crippen LogP contribution in [-0.4, -0.2) is 71.8 Å². The first-order chi connectivity index (χ1) is 15.8. The standard InChI is InChI=1S/C24H26ClN5O2S/c1-16(31)29-11-6-12-30(14-13-29)24(33)27-22-23(32)28(2)20-10-9-18(25)15-19(20)21(26-22)17-7-4-3-5-8-17/h3-5,7-10,15,22H,6,11-14H2,1-2H3,(H,27,33). The van der Waals surface area contributed by atoms with E-state index in [0.29, 0.717) is 42.0 Å². The topological polar surface area (TPSA) is 68.2 Å². The van der Waals surface area contributed by atoms with E-state index in [1.807, 2.05) is 52.3 Å². The molecule has 1 N–H and O–H groups in total. The van der Waals surface area contributed by atoms with Crippen molar-refractivity contribution >= 4 is 52.1 Å². The van der Waals surface area contributed by atoms with Gasteiger partial charge in [0.25, 0.3) is 5.91 Å². The van der Waals surface area contributed by atoms with Gasteiger partial charge in [0.2, 0.25) is 12.1 Å². The summed E-state index contributed by atoms with van der Waals surface area (Å²) < 4.78 is 0. The Hall–Kier alpha value is -2.97. The first-order valence-corrected chi connectivity index (χ1v) is 11.7. The molecule has 0 radical (unpaired) electrons. The number of nitrogens with one attached hydrogen (secondary N) is 1. The SMILES string of the molecule is CC(=O)N1CCCN(C(=S)NC2N=C(c3ccccc3)c3cc(Cl)ccc3N(C)C2=O)CC1. The number of hydrogen-bond donors (Lipinski definition) is 1. The Morgan fingerprint density at radius 2 is 1.79 bits per heavy atom. The van der Waals surface area contributed by atoms with E-state index < -0.39 is 6.17 Å². The number of fused-ring (bicyclic) bond motifs is 1. The fourth-order valence-electron chi connectivity index (χ4n) is 4.11. The number of carbonyl (C=O) groups excluding carboxylic acids is 2. The van der Waals surface area contributed by atoms with Crippen molar-refractivity contribution in [1.29, 1.82) is 0 Å². The molecule has 2 amide bonds. The summed E-state index contributed by atoms with van der Waals surface area (Å²) in [7, 11) is 1.73. The van der Waals surface area contributed by atoms with Crippen LogP contribution in [0.3, 0.4) is 0 Å². The zero-order valence-corrected chi connectivity index (χ0v) is 20.2. The molecule has 0 aliphatic carbocycles. The number of nitrogens with zero attached hydrogens (tertiary/aromatic N) is 4. The van der Waals surface area contributed by atoms with Crippen LogP contribution in [0, 0.1) is 0 Å². The van der Waals surface area contributed by atoms with Crippen LogP contribution in [-0.2, 0) is 9.59 Å². The molecular formula is C24H26ClN5O2S. The molecule has 9 heteroatoms. The zero-order valence-electron chi connectivity index (χ0n) is 18.6. The van der Waals surface area contributed by atoms with E-state index in [1.54, 1.807) is 24.9 Å². The second-order valence-electron chi connectivity index (χ2n) is 8.10. The molecule has 1 saturated heterocycles. The lowest BCUT2D eigenvalue weighted by molar-refractivity contribution is -0.128. The van der Waals surface area contributed by atoms with Crippen LogP contribution in [0.2, 0.25) is 5.02 Å². The average Bonchev–Trinajstić information content (AvgIpc) is 3.12. The summed E-state index contributed by atoms with van der Waals surface area (Å²) >= 11 is 12.0. The van der Waals surface area contributed by atoms with Gasteiger partial charge >= 0.3 is 0 Å². The first-order valence-electron chi connectivity index (χ1n) is 10.9. The Morgan fingerprint density at radius 3 is 2.52 bits per heavy atom. The van der Waals surface area contributed by atoms with Crippen LogP contribution in [0.4, 0.5) is 5.69 Å². The van der Waals surface area contributed by atoms with Gasteiger partial charge in [0.05, 0.1) is 11.4 Å². The van der Waals surface area contributed by atoms with Crippen LogP contribution in [0.25, 0.3) is 0 Å². The maximum Gasteiger partial charge on any atom is 0.272 e. The van der Waals surface area contributed by atoms with E-state index in [0.717, 1.165) is 23.2 Å². The highest BCUT2D eigenvalue weighted by Crippen LogP contribution is 2.30. The number of benzene rings is 2. The van der Waals surface area contributed by atoms with E-state index in [4.69, 9.17) is 28.8 Å². The second-order valence-corrected chi connectivity index (χ2v) is 8.92. The minimum absolute atomic E-state index is 0.0600. The van der Waals surface area contributed by atoms with E-state index in [1.165, 1.54) is 0 Å². The highest BCUT2D eigenvalue weighted by Gasteiger charge is 2.31. The summed E-state index contributed by atoms with van der Waals surface area (Å²) in [4.78, 5) is 35.4. The van der Waals surface area contributed by atoms with E-state index in [-0.39, 0.29) is 11.8 Å². The molecule has 4 rings (SSSR count). The average molecular weight is 484 g/mol. The first kappa shape index (κ1) is 23.2. The fraction of sp³-hybridized carbons (Fsp3) is 0.333. The van der Waals surface area contributed by atoms with Crippen LogP contribution in [0.5, 0.6) is 0 Å². The van der Waals surface area contributed by atoms with E-state index >= 15 is 0 Å². The normalized spacial score (nSPS) is 18.8. The van der Waals surface area contributed by atoms with Crippen LogP contribution >= 0.6 is 23.8 Å². The van der Waals surface area contributed by atoms with Gasteiger partial charge in [0.15, 0.2) is 5.11 Å². The van der Waals surface area contributed by atoms with Gasteiger partial charge in [-0.15, -0.1) is 0 Å². The van der Waals surface area contributed by atoms with Gasteiger partial charge in [0, 0.05) is 56.3 Å². The predicted octanol–water partition coefficient (Wildman–Crippen LogP) is 2.91. The molecule has 0 spiro atoms. The van der Waals surface area contributed by atoms with E-state index in [9.17, 15) is 9.59 Å². The molecule has 0 bridgehead atoms. The van der Waals surface area contributed by atoms with Crippen molar-refractivity contribution in [2.45, 2.75) is 19.5 Å². The summed E-state index contributed by atoms with van der Waals surface area (Å²) in [6.07, 6.45) is -0.0846.